The summed E-state index contributed by atoms with van der Waals surface area (Å²) < 4.78 is 95.1. The fraction of sp³-hybridized carbons (Fsp3) is 0.959. The number of carbonyl (C=O) groups excluding carboxylic acids is 1. The van der Waals surface area contributed by atoms with Gasteiger partial charge in [0.15, 0.2) is 50.1 Å². The zero-order valence-electron chi connectivity index (χ0n) is 64.2. The molecule has 8 saturated heterocycles. The van der Waals surface area contributed by atoms with Crippen molar-refractivity contribution in [3.05, 3.63) is 11.6 Å². The quantitative estimate of drug-likeness (QED) is 0.0344. The third kappa shape index (κ3) is 15.6. The number of carbonyl (C=O) groups is 1. The van der Waals surface area contributed by atoms with Crippen LogP contribution in [-0.2, 0) is 80.6 Å². The lowest BCUT2D eigenvalue weighted by Crippen LogP contribution is -2.69. The first-order valence-corrected chi connectivity index (χ1v) is 39.3. The van der Waals surface area contributed by atoms with Crippen molar-refractivity contribution in [1.82, 2.24) is 0 Å². The van der Waals surface area contributed by atoms with Gasteiger partial charge in [0.25, 0.3) is 0 Å². The van der Waals surface area contributed by atoms with Crippen LogP contribution in [0.4, 0.5) is 0 Å². The standard InChI is InChI=1S/C74H120O38/c1-26-40(80)46(86)52(92)60(103-26)101-24-35-45(85)48(88)59(111-64-54(94)49(89)56(27(2)104-64)108-63-55(95)57(33(78)23-99-63)109-61-50(90)41(81)30(75)20-97-61)67(106-35)112-68(96)74-17-16-69(3,4)18-29(74)28-10-11-37-71(7)14-13-39(70(5,6)36(71)12-15-72(37,8)73(28,9)19-38(74)79)107-65-53(93)47(87)44(84)34(105-65)25-102-66-58(43(83)32(77)22-100-66)110-62-51(91)42(82)31(76)21-98-62/h10,26-27,29-67,75-95H,11-25H2,1-9H3/t26-,27-,29+,30+,31+,32-,33+,34+,35+,36+,37+,38+,39-,40-,41-,42-,43-,44+,45+,46+,47-,48-,49-,50+,51+,52+,53+,54+,55+,56-,57-,58+,59+,60-,61-,62-,63-,64-,65-,66-,67-,71-,72+,73+,74+/m0/s1. The SMILES string of the molecule is C[C@@H]1O[C@H](OC[C@H]2O[C@@H](OC(=O)[C@]34CCC(C)(C)C[C@@H]3C3=CC[C@@H]5[C@@]6(C)CC[C@H](O[C@@H]7O[C@H](CO[C@@H]8OC[C@H](O)[C@H](O)[C@H]8O[C@@H]8OC[C@@H](O)[C@H](O)[C@H]8O)[C@@H](O)[C@H](O)[C@H]7O)C(C)(C)[C@H]6CC[C@@]5(C)[C@]3(C)C[C@H]4O)[C@H](O[C@@H]3O[C@@H](C)[C@H](O[C@@H]4OC[C@@H](O)[C@H](O[C@@H]5OC[C@@H](O)[C@H](O)[C@H]5O)[C@H]4O)[C@@H](O)[C@H]3O)[C@@H](O)[C@@H]2O)[C@H](O)[C@H](O)[C@H]1O. The molecule has 12 fully saturated rings. The Morgan fingerprint density at radius 2 is 0.884 bits per heavy atom. The summed E-state index contributed by atoms with van der Waals surface area (Å²) in [6.45, 7) is 14.7. The molecule has 38 heteroatoms. The second-order valence-electron chi connectivity index (χ2n) is 35.9. The minimum absolute atomic E-state index is 0.0258. The molecule has 0 radical (unpaired) electrons. The molecule has 0 unspecified atom stereocenters. The minimum atomic E-state index is -2.12. The van der Waals surface area contributed by atoms with E-state index in [-0.39, 0.29) is 24.7 Å². The molecule has 0 aromatic rings. The van der Waals surface area contributed by atoms with Crippen LogP contribution in [0.25, 0.3) is 0 Å². The second kappa shape index (κ2) is 33.3. The molecule has 4 saturated carbocycles. The van der Waals surface area contributed by atoms with Crippen molar-refractivity contribution >= 4 is 5.97 Å². The number of allylic oxidation sites excluding steroid dienone is 2. The van der Waals surface area contributed by atoms with Crippen molar-refractivity contribution < 1.29 is 188 Å². The highest BCUT2D eigenvalue weighted by molar-refractivity contribution is 5.80. The Morgan fingerprint density at radius 1 is 0.411 bits per heavy atom. The Labute approximate surface area is 646 Å². The molecular weight excluding hydrogens is 1500 g/mol. The molecular formula is C74H120O38. The summed E-state index contributed by atoms with van der Waals surface area (Å²) in [6.07, 6.45) is -56.6. The van der Waals surface area contributed by atoms with Crippen molar-refractivity contribution in [3.8, 4) is 0 Å². The zero-order chi connectivity index (χ0) is 81.5. The van der Waals surface area contributed by atoms with Crippen LogP contribution >= 0.6 is 0 Å². The van der Waals surface area contributed by atoms with Crippen molar-refractivity contribution in [2.24, 2.45) is 50.2 Å². The van der Waals surface area contributed by atoms with Crippen LogP contribution in [0.5, 0.6) is 0 Å². The first-order chi connectivity index (χ1) is 52.5. The average Bonchev–Trinajstić information content (AvgIpc) is 0.670. The summed E-state index contributed by atoms with van der Waals surface area (Å²) in [5.41, 5.74) is -3.50. The van der Waals surface area contributed by atoms with Crippen LogP contribution < -0.4 is 0 Å². The van der Waals surface area contributed by atoms with Gasteiger partial charge in [0.2, 0.25) is 6.29 Å². The van der Waals surface area contributed by atoms with E-state index in [0.717, 1.165) is 5.57 Å². The molecule has 13 rings (SSSR count). The maximum atomic E-state index is 16.1. The largest absolute Gasteiger partial charge is 0.432 e. The molecule has 0 spiro atoms. The van der Waals surface area contributed by atoms with Gasteiger partial charge < -0.3 is 183 Å². The van der Waals surface area contributed by atoms with Crippen molar-refractivity contribution in [1.29, 1.82) is 0 Å². The molecule has 0 bridgehead atoms. The maximum absolute atomic E-state index is 16.1. The predicted molar refractivity (Wildman–Crippen MR) is 368 cm³/mol. The Hall–Kier alpha value is -2.23. The third-order valence-corrected chi connectivity index (χ3v) is 28.2. The van der Waals surface area contributed by atoms with Crippen LogP contribution in [0, 0.1) is 50.2 Å². The summed E-state index contributed by atoms with van der Waals surface area (Å²) in [5, 5.41) is 233. The lowest BCUT2D eigenvalue weighted by Gasteiger charge is -2.71. The maximum Gasteiger partial charge on any atom is 0.317 e. The van der Waals surface area contributed by atoms with Gasteiger partial charge in [-0.15, -0.1) is 0 Å². The molecule has 112 heavy (non-hydrogen) atoms. The summed E-state index contributed by atoms with van der Waals surface area (Å²) in [5.74, 6) is -1.71. The lowest BCUT2D eigenvalue weighted by atomic mass is 9.33. The predicted octanol–water partition coefficient (Wildman–Crippen LogP) is -7.16. The summed E-state index contributed by atoms with van der Waals surface area (Å²) in [6, 6.07) is 0. The first kappa shape index (κ1) is 87.6. The van der Waals surface area contributed by atoms with E-state index in [2.05, 4.69) is 54.5 Å². The molecule has 8 heterocycles. The molecule has 5 aliphatic carbocycles. The zero-order valence-corrected chi connectivity index (χ0v) is 64.2. The van der Waals surface area contributed by atoms with Gasteiger partial charge in [-0.05, 0) is 116 Å². The average molecular weight is 1620 g/mol. The van der Waals surface area contributed by atoms with Gasteiger partial charge in [0, 0.05) is 0 Å². The van der Waals surface area contributed by atoms with Crippen molar-refractivity contribution in [3.63, 3.8) is 0 Å². The number of aliphatic hydroxyl groups is 21. The van der Waals surface area contributed by atoms with E-state index >= 15 is 4.79 Å². The highest BCUT2D eigenvalue weighted by Crippen LogP contribution is 2.76. The van der Waals surface area contributed by atoms with Gasteiger partial charge in [-0.2, -0.15) is 0 Å². The number of rotatable bonds is 18. The monoisotopic (exact) mass is 1620 g/mol. The molecule has 21 N–H and O–H groups in total. The fourth-order valence-corrected chi connectivity index (χ4v) is 21.1. The summed E-state index contributed by atoms with van der Waals surface area (Å²) in [4.78, 5) is 16.1. The third-order valence-electron chi connectivity index (χ3n) is 28.2. The van der Waals surface area contributed by atoms with Gasteiger partial charge in [0.1, 0.15) is 158 Å². The van der Waals surface area contributed by atoms with Gasteiger partial charge in [-0.1, -0.05) is 60.1 Å². The van der Waals surface area contributed by atoms with E-state index in [4.69, 9.17) is 75.8 Å². The van der Waals surface area contributed by atoms with Gasteiger partial charge in [-0.3, -0.25) is 4.79 Å². The molecule has 0 aromatic carbocycles. The highest BCUT2D eigenvalue weighted by Gasteiger charge is 2.73. The molecule has 0 aromatic heterocycles. The van der Waals surface area contributed by atoms with E-state index in [1.807, 2.05) is 0 Å². The number of esters is 1. The Morgan fingerprint density at radius 3 is 1.52 bits per heavy atom. The summed E-state index contributed by atoms with van der Waals surface area (Å²) >= 11 is 0. The van der Waals surface area contributed by atoms with Crippen LogP contribution in [-0.4, -0.2) is 386 Å². The van der Waals surface area contributed by atoms with Crippen molar-refractivity contribution in [2.45, 2.75) is 354 Å². The number of hydrogen-bond donors (Lipinski definition) is 21. The molecule has 38 nitrogen and oxygen atoms in total. The van der Waals surface area contributed by atoms with Gasteiger partial charge >= 0.3 is 5.97 Å². The van der Waals surface area contributed by atoms with Crippen LogP contribution in [0.3, 0.4) is 0 Å². The number of fused-ring (bicyclic) bond motifs is 7. The second-order valence-corrected chi connectivity index (χ2v) is 35.9. The van der Waals surface area contributed by atoms with E-state index < -0.39 is 317 Å². The highest BCUT2D eigenvalue weighted by atomic mass is 16.8. The Kier molecular flexibility index (Phi) is 26.0. The molecule has 8 aliphatic heterocycles. The summed E-state index contributed by atoms with van der Waals surface area (Å²) in [7, 11) is 0. The first-order valence-electron chi connectivity index (χ1n) is 39.3. The fourth-order valence-electron chi connectivity index (χ4n) is 21.1. The minimum Gasteiger partial charge on any atom is -0.432 e. The van der Waals surface area contributed by atoms with Gasteiger partial charge in [-0.25, -0.2) is 0 Å². The van der Waals surface area contributed by atoms with Crippen molar-refractivity contribution in [2.75, 3.05) is 39.6 Å². The number of aliphatic hydroxyl groups excluding tert-OH is 21. The Bertz CT molecular complexity index is 3220. The van der Waals surface area contributed by atoms with E-state index in [0.29, 0.717) is 44.9 Å². The number of hydrogen-bond acceptors (Lipinski definition) is 38. The Balaban J connectivity index is 0.718. The molecule has 644 valence electrons. The lowest BCUT2D eigenvalue weighted by molar-refractivity contribution is -0.381. The smallest absolute Gasteiger partial charge is 0.317 e. The van der Waals surface area contributed by atoms with E-state index in [1.165, 1.54) is 13.8 Å². The van der Waals surface area contributed by atoms with Gasteiger partial charge in [0.05, 0.1) is 64.1 Å². The normalized spacial score (nSPS) is 55.1. The molecule has 13 aliphatic rings. The molecule has 45 atom stereocenters. The topological polar surface area (TPSA) is 590 Å². The van der Waals surface area contributed by atoms with E-state index in [1.54, 1.807) is 0 Å². The van der Waals surface area contributed by atoms with Crippen LogP contribution in [0.15, 0.2) is 11.6 Å². The van der Waals surface area contributed by atoms with Crippen LogP contribution in [0.2, 0.25) is 0 Å². The van der Waals surface area contributed by atoms with Crippen LogP contribution in [0.1, 0.15) is 120 Å². The van der Waals surface area contributed by atoms with E-state index in [9.17, 15) is 107 Å². The number of ether oxygens (including phenoxy) is 16. The molecule has 0 amide bonds.